The van der Waals surface area contributed by atoms with Crippen molar-refractivity contribution in [1.82, 2.24) is 4.90 Å². The Morgan fingerprint density at radius 1 is 1.35 bits per heavy atom. The topological polar surface area (TPSA) is 55.6 Å². The van der Waals surface area contributed by atoms with Gasteiger partial charge in [0.15, 0.2) is 0 Å². The van der Waals surface area contributed by atoms with E-state index in [1.807, 2.05) is 31.3 Å². The SMILES string of the molecule is CN(Cc1ccccc1CN)C(=O)CC1CCCCO1. The highest BCUT2D eigenvalue weighted by atomic mass is 16.5. The van der Waals surface area contributed by atoms with E-state index in [1.165, 1.54) is 0 Å². The van der Waals surface area contributed by atoms with Crippen LogP contribution < -0.4 is 5.73 Å². The molecule has 20 heavy (non-hydrogen) atoms. The van der Waals surface area contributed by atoms with Crippen LogP contribution in [0.2, 0.25) is 0 Å². The summed E-state index contributed by atoms with van der Waals surface area (Å²) in [5.74, 6) is 0.142. The first-order chi connectivity index (χ1) is 9.70. The molecule has 1 aromatic carbocycles. The van der Waals surface area contributed by atoms with Gasteiger partial charge in [-0.2, -0.15) is 0 Å². The van der Waals surface area contributed by atoms with Crippen LogP contribution in [-0.2, 0) is 22.6 Å². The molecule has 1 unspecified atom stereocenters. The molecule has 1 fully saturated rings. The van der Waals surface area contributed by atoms with Crippen LogP contribution in [0.15, 0.2) is 24.3 Å². The predicted octanol–water partition coefficient (Wildman–Crippen LogP) is 2.06. The highest BCUT2D eigenvalue weighted by Crippen LogP contribution is 2.17. The summed E-state index contributed by atoms with van der Waals surface area (Å²) in [5, 5.41) is 0. The van der Waals surface area contributed by atoms with Crippen molar-refractivity contribution in [3.63, 3.8) is 0 Å². The maximum Gasteiger partial charge on any atom is 0.225 e. The van der Waals surface area contributed by atoms with Gasteiger partial charge in [-0.1, -0.05) is 24.3 Å². The molecule has 2 N–H and O–H groups in total. The van der Waals surface area contributed by atoms with Crippen molar-refractivity contribution >= 4 is 5.91 Å². The van der Waals surface area contributed by atoms with Crippen molar-refractivity contribution in [2.45, 2.75) is 44.9 Å². The molecule has 1 atom stereocenters. The number of nitrogens with two attached hydrogens (primary N) is 1. The Bertz CT molecular complexity index is 442. The summed E-state index contributed by atoms with van der Waals surface area (Å²) in [6.45, 7) is 1.90. The quantitative estimate of drug-likeness (QED) is 0.895. The second kappa shape index (κ2) is 7.41. The number of ether oxygens (including phenoxy) is 1. The lowest BCUT2D eigenvalue weighted by Crippen LogP contribution is -2.32. The Balaban J connectivity index is 1.89. The molecule has 0 saturated carbocycles. The first-order valence-electron chi connectivity index (χ1n) is 7.33. The largest absolute Gasteiger partial charge is 0.378 e. The molecule has 1 saturated heterocycles. The molecule has 1 heterocycles. The molecule has 1 aliphatic heterocycles. The molecule has 2 rings (SSSR count). The first kappa shape index (κ1) is 15.0. The Labute approximate surface area is 120 Å². The van der Waals surface area contributed by atoms with Gasteiger partial charge >= 0.3 is 0 Å². The Morgan fingerprint density at radius 2 is 2.10 bits per heavy atom. The minimum Gasteiger partial charge on any atom is -0.378 e. The molecule has 0 aromatic heterocycles. The fourth-order valence-electron chi connectivity index (χ4n) is 2.57. The van der Waals surface area contributed by atoms with Crippen LogP contribution in [0.3, 0.4) is 0 Å². The maximum absolute atomic E-state index is 12.2. The summed E-state index contributed by atoms with van der Waals surface area (Å²) in [6, 6.07) is 8.00. The zero-order valence-electron chi connectivity index (χ0n) is 12.2. The molecule has 4 heteroatoms. The number of hydrogen-bond donors (Lipinski definition) is 1. The van der Waals surface area contributed by atoms with E-state index < -0.39 is 0 Å². The van der Waals surface area contributed by atoms with Gasteiger partial charge in [0.1, 0.15) is 0 Å². The summed E-state index contributed by atoms with van der Waals surface area (Å²) < 4.78 is 5.63. The molecule has 110 valence electrons. The summed E-state index contributed by atoms with van der Waals surface area (Å²) in [7, 11) is 1.85. The zero-order chi connectivity index (χ0) is 14.4. The maximum atomic E-state index is 12.2. The molecule has 1 aromatic rings. The van der Waals surface area contributed by atoms with Crippen molar-refractivity contribution < 1.29 is 9.53 Å². The average molecular weight is 276 g/mol. The monoisotopic (exact) mass is 276 g/mol. The second-order valence-corrected chi connectivity index (χ2v) is 5.42. The van der Waals surface area contributed by atoms with Crippen LogP contribution in [-0.4, -0.2) is 30.6 Å². The van der Waals surface area contributed by atoms with E-state index >= 15 is 0 Å². The molecular weight excluding hydrogens is 252 g/mol. The van der Waals surface area contributed by atoms with Crippen molar-refractivity contribution in [3.05, 3.63) is 35.4 Å². The van der Waals surface area contributed by atoms with E-state index in [-0.39, 0.29) is 12.0 Å². The molecule has 4 nitrogen and oxygen atoms in total. The summed E-state index contributed by atoms with van der Waals surface area (Å²) in [5.41, 5.74) is 7.95. The second-order valence-electron chi connectivity index (χ2n) is 5.42. The molecule has 0 aliphatic carbocycles. The van der Waals surface area contributed by atoms with Gasteiger partial charge in [-0.25, -0.2) is 0 Å². The van der Waals surface area contributed by atoms with Gasteiger partial charge in [-0.05, 0) is 30.4 Å². The molecule has 1 aliphatic rings. The van der Waals surface area contributed by atoms with Crippen LogP contribution in [0.5, 0.6) is 0 Å². The normalized spacial score (nSPS) is 18.8. The minimum absolute atomic E-state index is 0.100. The highest BCUT2D eigenvalue weighted by molar-refractivity contribution is 5.76. The molecule has 0 radical (unpaired) electrons. The van der Waals surface area contributed by atoms with Gasteiger partial charge in [0.05, 0.1) is 12.5 Å². The van der Waals surface area contributed by atoms with Crippen molar-refractivity contribution in [2.75, 3.05) is 13.7 Å². The zero-order valence-corrected chi connectivity index (χ0v) is 12.2. The molecule has 0 bridgehead atoms. The number of carbonyl (C=O) groups excluding carboxylic acids is 1. The van der Waals surface area contributed by atoms with Gasteiger partial charge in [0, 0.05) is 26.7 Å². The van der Waals surface area contributed by atoms with Gasteiger partial charge in [0.2, 0.25) is 5.91 Å². The van der Waals surface area contributed by atoms with Crippen LogP contribution in [0.25, 0.3) is 0 Å². The third-order valence-corrected chi connectivity index (χ3v) is 3.85. The van der Waals surface area contributed by atoms with Gasteiger partial charge in [-0.15, -0.1) is 0 Å². The van der Waals surface area contributed by atoms with Gasteiger partial charge in [-0.3, -0.25) is 4.79 Å². The Kier molecular flexibility index (Phi) is 5.56. The predicted molar refractivity (Wildman–Crippen MR) is 79.0 cm³/mol. The minimum atomic E-state index is 0.100. The molecular formula is C16H24N2O2. The van der Waals surface area contributed by atoms with Crippen LogP contribution in [0.4, 0.5) is 0 Å². The van der Waals surface area contributed by atoms with E-state index in [9.17, 15) is 4.79 Å². The van der Waals surface area contributed by atoms with E-state index in [2.05, 4.69) is 0 Å². The lowest BCUT2D eigenvalue weighted by molar-refractivity contribution is -0.134. The number of nitrogens with zero attached hydrogens (tertiary/aromatic N) is 1. The highest BCUT2D eigenvalue weighted by Gasteiger charge is 2.20. The molecule has 0 spiro atoms. The Hall–Kier alpha value is -1.39. The van der Waals surface area contributed by atoms with Crippen LogP contribution in [0.1, 0.15) is 36.8 Å². The summed E-state index contributed by atoms with van der Waals surface area (Å²) in [4.78, 5) is 14.0. The number of amides is 1. The van der Waals surface area contributed by atoms with E-state index in [0.29, 0.717) is 19.5 Å². The van der Waals surface area contributed by atoms with E-state index in [1.54, 1.807) is 4.90 Å². The first-order valence-corrected chi connectivity index (χ1v) is 7.33. The number of rotatable bonds is 5. The average Bonchev–Trinajstić information content (AvgIpc) is 2.48. The molecule has 1 amide bonds. The fraction of sp³-hybridized carbons (Fsp3) is 0.562. The fourth-order valence-corrected chi connectivity index (χ4v) is 2.57. The van der Waals surface area contributed by atoms with Gasteiger partial charge in [0.25, 0.3) is 0 Å². The van der Waals surface area contributed by atoms with Crippen molar-refractivity contribution in [1.29, 1.82) is 0 Å². The van der Waals surface area contributed by atoms with Crippen LogP contribution >= 0.6 is 0 Å². The number of carbonyl (C=O) groups is 1. The standard InChI is InChI=1S/C16H24N2O2/c1-18(12-14-7-3-2-6-13(14)11-17)16(19)10-15-8-4-5-9-20-15/h2-3,6-7,15H,4-5,8-12,17H2,1H3. The Morgan fingerprint density at radius 3 is 2.75 bits per heavy atom. The van der Waals surface area contributed by atoms with E-state index in [4.69, 9.17) is 10.5 Å². The van der Waals surface area contributed by atoms with Crippen molar-refractivity contribution in [3.8, 4) is 0 Å². The summed E-state index contributed by atoms with van der Waals surface area (Å²) in [6.07, 6.45) is 3.87. The number of hydrogen-bond acceptors (Lipinski definition) is 3. The van der Waals surface area contributed by atoms with E-state index in [0.717, 1.165) is 37.0 Å². The van der Waals surface area contributed by atoms with Crippen LogP contribution in [0, 0.1) is 0 Å². The van der Waals surface area contributed by atoms with Crippen molar-refractivity contribution in [2.24, 2.45) is 5.73 Å². The summed E-state index contributed by atoms with van der Waals surface area (Å²) >= 11 is 0. The lowest BCUT2D eigenvalue weighted by Gasteiger charge is -2.25. The lowest BCUT2D eigenvalue weighted by atomic mass is 10.0. The third-order valence-electron chi connectivity index (χ3n) is 3.85. The smallest absolute Gasteiger partial charge is 0.225 e. The van der Waals surface area contributed by atoms with Gasteiger partial charge < -0.3 is 15.4 Å². The third kappa shape index (κ3) is 4.05. The number of benzene rings is 1.